The summed E-state index contributed by atoms with van der Waals surface area (Å²) in [5.74, 6) is -1.02. The van der Waals surface area contributed by atoms with Crippen molar-refractivity contribution in [2.45, 2.75) is 32.0 Å². The minimum Gasteiger partial charge on any atom is -0.481 e. The number of carbonyl (C=O) groups excluding carboxylic acids is 1. The van der Waals surface area contributed by atoms with Crippen LogP contribution in [0.3, 0.4) is 0 Å². The van der Waals surface area contributed by atoms with E-state index in [-0.39, 0.29) is 12.8 Å². The van der Waals surface area contributed by atoms with Crippen molar-refractivity contribution in [1.29, 1.82) is 0 Å². The standard InChI is InChI=1S/C9H15F3N2O3/c1-6(3-4-7(15)16)13-8(17)14(2)5-9(10,11)12/h6H,3-5H2,1-2H3,(H,13,17)(H,15,16). The summed E-state index contributed by atoms with van der Waals surface area (Å²) in [4.78, 5) is 22.0. The Morgan fingerprint density at radius 2 is 1.94 bits per heavy atom. The number of alkyl halides is 3. The van der Waals surface area contributed by atoms with Crippen molar-refractivity contribution in [3.8, 4) is 0 Å². The number of aliphatic carboxylic acids is 1. The third kappa shape index (κ3) is 8.35. The van der Waals surface area contributed by atoms with Crippen LogP contribution in [0.15, 0.2) is 0 Å². The normalized spacial score (nSPS) is 13.0. The molecule has 0 aromatic rings. The molecule has 0 saturated heterocycles. The zero-order valence-corrected chi connectivity index (χ0v) is 9.54. The largest absolute Gasteiger partial charge is 0.481 e. The number of carbonyl (C=O) groups is 2. The number of carboxylic acids is 1. The number of amides is 2. The molecule has 0 fully saturated rings. The van der Waals surface area contributed by atoms with Gasteiger partial charge in [0.25, 0.3) is 0 Å². The number of nitrogens with zero attached hydrogens (tertiary/aromatic N) is 1. The van der Waals surface area contributed by atoms with E-state index in [4.69, 9.17) is 5.11 Å². The quantitative estimate of drug-likeness (QED) is 0.782. The molecule has 0 spiro atoms. The predicted octanol–water partition coefficient (Wildman–Crippen LogP) is 1.44. The van der Waals surface area contributed by atoms with Crippen LogP contribution in [0, 0.1) is 0 Å². The fourth-order valence-electron chi connectivity index (χ4n) is 1.07. The SMILES string of the molecule is CC(CCC(=O)O)NC(=O)N(C)CC(F)(F)F. The number of urea groups is 1. The molecule has 0 aliphatic carbocycles. The predicted molar refractivity (Wildman–Crippen MR) is 53.5 cm³/mol. The molecule has 0 rings (SSSR count). The molecule has 2 amide bonds. The summed E-state index contributed by atoms with van der Waals surface area (Å²) in [7, 11) is 1.02. The van der Waals surface area contributed by atoms with Crippen LogP contribution in [-0.2, 0) is 4.79 Å². The second-order valence-electron chi connectivity index (χ2n) is 3.75. The Kier molecular flexibility index (Phi) is 5.77. The first-order valence-electron chi connectivity index (χ1n) is 4.92. The minimum absolute atomic E-state index is 0.148. The third-order valence-electron chi connectivity index (χ3n) is 1.92. The van der Waals surface area contributed by atoms with E-state index >= 15 is 0 Å². The molecule has 5 nitrogen and oxygen atoms in total. The van der Waals surface area contributed by atoms with Gasteiger partial charge in [-0.25, -0.2) is 4.79 Å². The molecule has 0 bridgehead atoms. The van der Waals surface area contributed by atoms with Crippen LogP contribution in [0.1, 0.15) is 19.8 Å². The highest BCUT2D eigenvalue weighted by molar-refractivity contribution is 5.74. The topological polar surface area (TPSA) is 69.6 Å². The molecule has 0 radical (unpaired) electrons. The number of rotatable bonds is 5. The van der Waals surface area contributed by atoms with Crippen molar-refractivity contribution < 1.29 is 27.9 Å². The van der Waals surface area contributed by atoms with Gasteiger partial charge in [0.1, 0.15) is 6.54 Å². The summed E-state index contributed by atoms with van der Waals surface area (Å²) in [5.41, 5.74) is 0. The second kappa shape index (κ2) is 6.31. The van der Waals surface area contributed by atoms with Gasteiger partial charge in [0.2, 0.25) is 0 Å². The summed E-state index contributed by atoms with van der Waals surface area (Å²) in [6, 6.07) is -1.37. The molecule has 0 heterocycles. The van der Waals surface area contributed by atoms with Gasteiger partial charge < -0.3 is 15.3 Å². The number of halogens is 3. The van der Waals surface area contributed by atoms with Crippen LogP contribution in [0.4, 0.5) is 18.0 Å². The molecule has 0 saturated carbocycles. The van der Waals surface area contributed by atoms with Gasteiger partial charge in [-0.05, 0) is 13.3 Å². The van der Waals surface area contributed by atoms with Crippen molar-refractivity contribution >= 4 is 12.0 Å². The Hall–Kier alpha value is -1.47. The van der Waals surface area contributed by atoms with E-state index < -0.39 is 30.8 Å². The van der Waals surface area contributed by atoms with E-state index in [1.165, 1.54) is 6.92 Å². The Labute approximate surface area is 96.6 Å². The highest BCUT2D eigenvalue weighted by atomic mass is 19.4. The minimum atomic E-state index is -4.45. The van der Waals surface area contributed by atoms with Crippen molar-refractivity contribution in [3.63, 3.8) is 0 Å². The van der Waals surface area contributed by atoms with Gasteiger partial charge in [-0.3, -0.25) is 4.79 Å². The molecular formula is C9H15F3N2O3. The van der Waals surface area contributed by atoms with Crippen LogP contribution < -0.4 is 5.32 Å². The summed E-state index contributed by atoms with van der Waals surface area (Å²) in [6.45, 7) is 0.187. The Bertz CT molecular complexity index is 281. The fraction of sp³-hybridized carbons (Fsp3) is 0.778. The maximum absolute atomic E-state index is 12.0. The zero-order chi connectivity index (χ0) is 13.6. The van der Waals surface area contributed by atoms with Crippen LogP contribution in [-0.4, -0.2) is 47.8 Å². The molecule has 17 heavy (non-hydrogen) atoms. The Balaban J connectivity index is 4.03. The lowest BCUT2D eigenvalue weighted by Gasteiger charge is -2.22. The maximum Gasteiger partial charge on any atom is 0.406 e. The van der Waals surface area contributed by atoms with E-state index in [1.54, 1.807) is 0 Å². The number of nitrogens with one attached hydrogen (secondary N) is 1. The number of hydrogen-bond acceptors (Lipinski definition) is 2. The van der Waals surface area contributed by atoms with Crippen LogP contribution in [0.2, 0.25) is 0 Å². The smallest absolute Gasteiger partial charge is 0.406 e. The molecular weight excluding hydrogens is 241 g/mol. The van der Waals surface area contributed by atoms with Gasteiger partial charge in [-0.1, -0.05) is 0 Å². The average Bonchev–Trinajstić information content (AvgIpc) is 2.11. The van der Waals surface area contributed by atoms with Crippen LogP contribution >= 0.6 is 0 Å². The molecule has 8 heteroatoms. The number of hydrogen-bond donors (Lipinski definition) is 2. The molecule has 0 aromatic heterocycles. The van der Waals surface area contributed by atoms with Crippen molar-refractivity contribution in [3.05, 3.63) is 0 Å². The lowest BCUT2D eigenvalue weighted by atomic mass is 10.2. The summed E-state index contributed by atoms with van der Waals surface area (Å²) in [6.07, 6.45) is -4.43. The van der Waals surface area contributed by atoms with Crippen molar-refractivity contribution in [2.24, 2.45) is 0 Å². The lowest BCUT2D eigenvalue weighted by Crippen LogP contribution is -2.45. The molecule has 0 aliphatic heterocycles. The van der Waals surface area contributed by atoms with Crippen molar-refractivity contribution in [2.75, 3.05) is 13.6 Å². The second-order valence-corrected chi connectivity index (χ2v) is 3.75. The van der Waals surface area contributed by atoms with Gasteiger partial charge in [-0.2, -0.15) is 13.2 Å². The molecule has 1 atom stereocenters. The van der Waals surface area contributed by atoms with Crippen LogP contribution in [0.5, 0.6) is 0 Å². The van der Waals surface area contributed by atoms with Gasteiger partial charge >= 0.3 is 18.2 Å². The summed E-state index contributed by atoms with van der Waals surface area (Å²) < 4.78 is 35.9. The third-order valence-corrected chi connectivity index (χ3v) is 1.92. The molecule has 0 aromatic carbocycles. The van der Waals surface area contributed by atoms with Crippen molar-refractivity contribution in [1.82, 2.24) is 10.2 Å². The molecule has 0 aliphatic rings. The van der Waals surface area contributed by atoms with Gasteiger partial charge in [-0.15, -0.1) is 0 Å². The molecule has 2 N–H and O–H groups in total. The maximum atomic E-state index is 12.0. The fourth-order valence-corrected chi connectivity index (χ4v) is 1.07. The first kappa shape index (κ1) is 15.5. The Morgan fingerprint density at radius 3 is 2.35 bits per heavy atom. The van der Waals surface area contributed by atoms with Gasteiger partial charge in [0.15, 0.2) is 0 Å². The first-order valence-corrected chi connectivity index (χ1v) is 4.92. The van der Waals surface area contributed by atoms with E-state index in [0.717, 1.165) is 7.05 Å². The monoisotopic (exact) mass is 256 g/mol. The summed E-state index contributed by atoms with van der Waals surface area (Å²) >= 11 is 0. The average molecular weight is 256 g/mol. The van der Waals surface area contributed by atoms with E-state index in [2.05, 4.69) is 5.32 Å². The lowest BCUT2D eigenvalue weighted by molar-refractivity contribution is -0.138. The Morgan fingerprint density at radius 1 is 1.41 bits per heavy atom. The zero-order valence-electron chi connectivity index (χ0n) is 9.54. The highest BCUT2D eigenvalue weighted by Gasteiger charge is 2.31. The van der Waals surface area contributed by atoms with Gasteiger partial charge in [0.05, 0.1) is 0 Å². The van der Waals surface area contributed by atoms with E-state index in [1.807, 2.05) is 0 Å². The first-order chi connectivity index (χ1) is 7.61. The van der Waals surface area contributed by atoms with E-state index in [0.29, 0.717) is 4.90 Å². The number of carboxylic acid groups (broad SMARTS) is 1. The van der Waals surface area contributed by atoms with Crippen LogP contribution in [0.25, 0.3) is 0 Å². The summed E-state index contributed by atoms with van der Waals surface area (Å²) in [5, 5.41) is 10.7. The molecule has 100 valence electrons. The molecule has 1 unspecified atom stereocenters. The van der Waals surface area contributed by atoms with E-state index in [9.17, 15) is 22.8 Å². The van der Waals surface area contributed by atoms with Gasteiger partial charge in [0, 0.05) is 19.5 Å². The highest BCUT2D eigenvalue weighted by Crippen LogP contribution is 2.15.